The van der Waals surface area contributed by atoms with Crippen molar-refractivity contribution in [1.82, 2.24) is 9.88 Å². The van der Waals surface area contributed by atoms with E-state index in [4.69, 9.17) is 5.26 Å². The first-order valence-electron chi connectivity index (χ1n) is 5.96. The summed E-state index contributed by atoms with van der Waals surface area (Å²) in [5.74, 6) is -0.560. The number of halogens is 1. The molecular weight excluding hydrogens is 257 g/mol. The molecule has 0 atom stereocenters. The molecule has 1 amide bonds. The van der Waals surface area contributed by atoms with E-state index in [-0.39, 0.29) is 17.4 Å². The Kier molecular flexibility index (Phi) is 4.06. The Labute approximate surface area is 116 Å². The van der Waals surface area contributed by atoms with Gasteiger partial charge in [0, 0.05) is 19.8 Å². The van der Waals surface area contributed by atoms with Crippen molar-refractivity contribution in [3.05, 3.63) is 65.2 Å². The summed E-state index contributed by atoms with van der Waals surface area (Å²) in [5.41, 5.74) is 1.51. The van der Waals surface area contributed by atoms with Gasteiger partial charge in [0.15, 0.2) is 0 Å². The van der Waals surface area contributed by atoms with Crippen LogP contribution in [0.4, 0.5) is 4.39 Å². The second-order valence-corrected chi connectivity index (χ2v) is 4.33. The summed E-state index contributed by atoms with van der Waals surface area (Å²) in [6.07, 6.45) is 1.36. The molecule has 0 saturated carbocycles. The van der Waals surface area contributed by atoms with Crippen LogP contribution in [-0.4, -0.2) is 22.8 Å². The van der Waals surface area contributed by atoms with Gasteiger partial charge in [-0.1, -0.05) is 12.1 Å². The van der Waals surface area contributed by atoms with Crippen LogP contribution in [0.2, 0.25) is 0 Å². The lowest BCUT2D eigenvalue weighted by Crippen LogP contribution is -2.27. The van der Waals surface area contributed by atoms with Crippen LogP contribution in [-0.2, 0) is 6.54 Å². The number of hydrogen-bond acceptors (Lipinski definition) is 3. The number of rotatable bonds is 3. The predicted octanol–water partition coefficient (Wildman–Crippen LogP) is 2.36. The van der Waals surface area contributed by atoms with E-state index in [9.17, 15) is 9.18 Å². The lowest BCUT2D eigenvalue weighted by atomic mass is 10.2. The minimum Gasteiger partial charge on any atom is -0.336 e. The number of pyridine rings is 1. The van der Waals surface area contributed by atoms with Crippen molar-refractivity contribution in [3.8, 4) is 6.07 Å². The Bertz CT molecular complexity index is 644. The van der Waals surface area contributed by atoms with Crippen molar-refractivity contribution in [2.24, 2.45) is 0 Å². The fourth-order valence-corrected chi connectivity index (χ4v) is 1.72. The molecule has 0 radical (unpaired) electrons. The van der Waals surface area contributed by atoms with Gasteiger partial charge in [0.2, 0.25) is 0 Å². The van der Waals surface area contributed by atoms with Crippen LogP contribution in [0.1, 0.15) is 21.6 Å². The summed E-state index contributed by atoms with van der Waals surface area (Å²) in [7, 11) is 1.64. The second-order valence-electron chi connectivity index (χ2n) is 4.33. The Balaban J connectivity index is 2.08. The van der Waals surface area contributed by atoms with Gasteiger partial charge < -0.3 is 4.90 Å². The zero-order valence-electron chi connectivity index (χ0n) is 10.9. The van der Waals surface area contributed by atoms with Crippen LogP contribution in [0.15, 0.2) is 42.6 Å². The highest BCUT2D eigenvalue weighted by molar-refractivity contribution is 5.92. The summed E-state index contributed by atoms with van der Waals surface area (Å²) in [6.45, 7) is 0.362. The van der Waals surface area contributed by atoms with Crippen molar-refractivity contribution in [2.75, 3.05) is 7.05 Å². The Hall–Kier alpha value is -2.74. The first-order valence-corrected chi connectivity index (χ1v) is 5.96. The normalized spacial score (nSPS) is 9.85. The molecule has 0 aliphatic heterocycles. The molecule has 1 aromatic carbocycles. The average Bonchev–Trinajstić information content (AvgIpc) is 2.49. The Morgan fingerprint density at radius 3 is 2.55 bits per heavy atom. The van der Waals surface area contributed by atoms with Gasteiger partial charge in [-0.25, -0.2) is 9.37 Å². The molecule has 1 aromatic heterocycles. The van der Waals surface area contributed by atoms with E-state index in [1.165, 1.54) is 29.3 Å². The topological polar surface area (TPSA) is 57.0 Å². The van der Waals surface area contributed by atoms with Gasteiger partial charge in [0.05, 0.1) is 5.56 Å². The molecule has 20 heavy (non-hydrogen) atoms. The van der Waals surface area contributed by atoms with Crippen molar-refractivity contribution in [3.63, 3.8) is 0 Å². The van der Waals surface area contributed by atoms with E-state index < -0.39 is 0 Å². The number of carbonyl (C=O) groups excluding carboxylic acids is 1. The SMILES string of the molecule is CN(Cc1ccc(F)cc1)C(=O)c1ccc(C#N)cn1. The van der Waals surface area contributed by atoms with Gasteiger partial charge in [-0.05, 0) is 29.8 Å². The summed E-state index contributed by atoms with van der Waals surface area (Å²) in [5, 5.41) is 8.68. The number of nitriles is 1. The van der Waals surface area contributed by atoms with E-state index >= 15 is 0 Å². The monoisotopic (exact) mass is 269 g/mol. The number of aromatic nitrogens is 1. The molecule has 0 unspecified atom stereocenters. The molecule has 2 aromatic rings. The second kappa shape index (κ2) is 5.93. The number of amides is 1. The lowest BCUT2D eigenvalue weighted by molar-refractivity contribution is 0.0779. The summed E-state index contributed by atoms with van der Waals surface area (Å²) in [6, 6.07) is 11.0. The first-order chi connectivity index (χ1) is 9.60. The third-order valence-corrected chi connectivity index (χ3v) is 2.79. The maximum Gasteiger partial charge on any atom is 0.272 e. The van der Waals surface area contributed by atoms with E-state index in [1.54, 1.807) is 25.2 Å². The zero-order valence-corrected chi connectivity index (χ0v) is 10.9. The molecule has 2 rings (SSSR count). The molecule has 0 spiro atoms. The molecule has 0 aliphatic carbocycles. The molecule has 5 heteroatoms. The first kappa shape index (κ1) is 13.7. The standard InChI is InChI=1S/C15H12FN3O/c1-19(10-11-2-5-13(16)6-3-11)15(20)14-7-4-12(8-17)9-18-14/h2-7,9H,10H2,1H3. The van der Waals surface area contributed by atoms with Gasteiger partial charge >= 0.3 is 0 Å². The molecule has 100 valence electrons. The van der Waals surface area contributed by atoms with E-state index in [2.05, 4.69) is 4.98 Å². The Morgan fingerprint density at radius 1 is 1.30 bits per heavy atom. The van der Waals surface area contributed by atoms with Crippen molar-refractivity contribution >= 4 is 5.91 Å². The highest BCUT2D eigenvalue weighted by Crippen LogP contribution is 2.08. The zero-order chi connectivity index (χ0) is 14.5. The fraction of sp³-hybridized carbons (Fsp3) is 0.133. The third-order valence-electron chi connectivity index (χ3n) is 2.79. The molecule has 0 saturated heterocycles. The fourth-order valence-electron chi connectivity index (χ4n) is 1.72. The van der Waals surface area contributed by atoms with Crippen LogP contribution < -0.4 is 0 Å². The van der Waals surface area contributed by atoms with Crippen LogP contribution >= 0.6 is 0 Å². The smallest absolute Gasteiger partial charge is 0.272 e. The molecule has 0 aliphatic rings. The van der Waals surface area contributed by atoms with Crippen LogP contribution in [0.3, 0.4) is 0 Å². The predicted molar refractivity (Wildman–Crippen MR) is 71.1 cm³/mol. The van der Waals surface area contributed by atoms with Crippen LogP contribution in [0, 0.1) is 17.1 Å². The third kappa shape index (κ3) is 3.18. The lowest BCUT2D eigenvalue weighted by Gasteiger charge is -2.16. The van der Waals surface area contributed by atoms with Gasteiger partial charge in [-0.15, -0.1) is 0 Å². The van der Waals surface area contributed by atoms with Crippen LogP contribution in [0.25, 0.3) is 0 Å². The van der Waals surface area contributed by atoms with E-state index in [1.807, 2.05) is 6.07 Å². The summed E-state index contributed by atoms with van der Waals surface area (Å²) >= 11 is 0. The average molecular weight is 269 g/mol. The number of nitrogens with zero attached hydrogens (tertiary/aromatic N) is 3. The molecule has 4 nitrogen and oxygen atoms in total. The minimum absolute atomic E-state index is 0.251. The highest BCUT2D eigenvalue weighted by Gasteiger charge is 2.13. The molecule has 0 N–H and O–H groups in total. The van der Waals surface area contributed by atoms with Gasteiger partial charge in [0.25, 0.3) is 5.91 Å². The summed E-state index contributed by atoms with van der Waals surface area (Å²) in [4.78, 5) is 17.6. The van der Waals surface area contributed by atoms with E-state index in [0.29, 0.717) is 12.1 Å². The van der Waals surface area contributed by atoms with Crippen LogP contribution in [0.5, 0.6) is 0 Å². The van der Waals surface area contributed by atoms with Gasteiger partial charge in [-0.3, -0.25) is 4.79 Å². The largest absolute Gasteiger partial charge is 0.336 e. The summed E-state index contributed by atoms with van der Waals surface area (Å²) < 4.78 is 12.8. The minimum atomic E-state index is -0.309. The van der Waals surface area contributed by atoms with Crippen molar-refractivity contribution in [1.29, 1.82) is 5.26 Å². The van der Waals surface area contributed by atoms with Crippen molar-refractivity contribution in [2.45, 2.75) is 6.54 Å². The van der Waals surface area contributed by atoms with E-state index in [0.717, 1.165) is 5.56 Å². The molecule has 0 fully saturated rings. The molecule has 1 heterocycles. The number of hydrogen-bond donors (Lipinski definition) is 0. The number of carbonyl (C=O) groups is 1. The number of benzene rings is 1. The van der Waals surface area contributed by atoms with Gasteiger partial charge in [-0.2, -0.15) is 5.26 Å². The Morgan fingerprint density at radius 2 is 2.00 bits per heavy atom. The highest BCUT2D eigenvalue weighted by atomic mass is 19.1. The molecule has 0 bridgehead atoms. The maximum absolute atomic E-state index is 12.8. The van der Waals surface area contributed by atoms with Crippen molar-refractivity contribution < 1.29 is 9.18 Å². The van der Waals surface area contributed by atoms with Gasteiger partial charge in [0.1, 0.15) is 17.6 Å². The molecular formula is C15H12FN3O. The maximum atomic E-state index is 12.8. The quantitative estimate of drug-likeness (QED) is 0.859.